The summed E-state index contributed by atoms with van der Waals surface area (Å²) in [7, 11) is -3.53. The molecule has 0 radical (unpaired) electrons. The molecule has 1 atom stereocenters. The lowest BCUT2D eigenvalue weighted by Crippen LogP contribution is -2.31. The summed E-state index contributed by atoms with van der Waals surface area (Å²) < 4.78 is 22.3. The van der Waals surface area contributed by atoms with E-state index in [0.29, 0.717) is 31.0 Å². The van der Waals surface area contributed by atoms with Crippen molar-refractivity contribution in [3.05, 3.63) is 48.3 Å². The lowest BCUT2D eigenvalue weighted by atomic mass is 10.2. The van der Waals surface area contributed by atoms with Crippen LogP contribution in [0.15, 0.2) is 42.7 Å². The largest absolute Gasteiger partial charge is 0.338 e. The summed E-state index contributed by atoms with van der Waals surface area (Å²) in [6.45, 7) is 0.877. The van der Waals surface area contributed by atoms with Crippen molar-refractivity contribution >= 4 is 27.6 Å². The molecule has 2 heterocycles. The number of nitrogens with zero attached hydrogens (tertiary/aromatic N) is 3. The lowest BCUT2D eigenvalue weighted by Gasteiger charge is -2.16. The Morgan fingerprint density at radius 1 is 1.24 bits per heavy atom. The van der Waals surface area contributed by atoms with Crippen LogP contribution in [-0.4, -0.2) is 48.0 Å². The number of carbonyl (C=O) groups is 1. The van der Waals surface area contributed by atoms with Crippen molar-refractivity contribution in [1.29, 1.82) is 0 Å². The topological polar surface area (TPSA) is 118 Å². The van der Waals surface area contributed by atoms with Gasteiger partial charge < -0.3 is 10.2 Å². The highest BCUT2D eigenvalue weighted by atomic mass is 32.2. The van der Waals surface area contributed by atoms with Crippen LogP contribution in [0.2, 0.25) is 0 Å². The van der Waals surface area contributed by atoms with Crippen molar-refractivity contribution in [2.45, 2.75) is 6.42 Å². The zero-order chi connectivity index (χ0) is 17.9. The molecule has 132 valence electrons. The fourth-order valence-corrected chi connectivity index (χ4v) is 3.75. The van der Waals surface area contributed by atoms with Crippen molar-refractivity contribution in [2.75, 3.05) is 24.2 Å². The predicted molar refractivity (Wildman–Crippen MR) is 93.7 cm³/mol. The van der Waals surface area contributed by atoms with Crippen molar-refractivity contribution in [2.24, 2.45) is 11.1 Å². The van der Waals surface area contributed by atoms with Crippen LogP contribution < -0.4 is 10.5 Å². The third kappa shape index (κ3) is 4.74. The van der Waals surface area contributed by atoms with Gasteiger partial charge in [-0.2, -0.15) is 0 Å². The summed E-state index contributed by atoms with van der Waals surface area (Å²) in [5.41, 5.74) is 1.22. The number of aromatic nitrogens is 2. The Morgan fingerprint density at radius 2 is 1.92 bits per heavy atom. The highest BCUT2D eigenvalue weighted by molar-refractivity contribution is 7.89. The van der Waals surface area contributed by atoms with Gasteiger partial charge in [-0.15, -0.1) is 0 Å². The van der Waals surface area contributed by atoms with E-state index in [4.69, 9.17) is 5.14 Å². The molecule has 9 heteroatoms. The van der Waals surface area contributed by atoms with Crippen molar-refractivity contribution in [1.82, 2.24) is 14.9 Å². The zero-order valence-electron chi connectivity index (χ0n) is 13.5. The fourth-order valence-electron chi connectivity index (χ4n) is 2.82. The number of para-hydroxylation sites is 1. The van der Waals surface area contributed by atoms with Gasteiger partial charge in [-0.3, -0.25) is 4.79 Å². The Hall–Kier alpha value is -2.52. The highest BCUT2D eigenvalue weighted by Crippen LogP contribution is 2.20. The average molecular weight is 361 g/mol. The Morgan fingerprint density at radius 3 is 2.56 bits per heavy atom. The number of carbonyl (C=O) groups excluding carboxylic acids is 1. The molecule has 1 aromatic carbocycles. The van der Waals surface area contributed by atoms with Gasteiger partial charge in [0, 0.05) is 31.2 Å². The van der Waals surface area contributed by atoms with Gasteiger partial charge in [-0.1, -0.05) is 18.2 Å². The molecule has 8 nitrogen and oxygen atoms in total. The molecule has 1 aliphatic heterocycles. The van der Waals surface area contributed by atoms with E-state index in [-0.39, 0.29) is 17.6 Å². The van der Waals surface area contributed by atoms with Gasteiger partial charge in [-0.05, 0) is 24.5 Å². The van der Waals surface area contributed by atoms with Crippen LogP contribution in [0.25, 0.3) is 0 Å². The van der Waals surface area contributed by atoms with Gasteiger partial charge >= 0.3 is 0 Å². The predicted octanol–water partition coefficient (Wildman–Crippen LogP) is 0.971. The zero-order valence-corrected chi connectivity index (χ0v) is 14.3. The summed E-state index contributed by atoms with van der Waals surface area (Å²) in [5, 5.41) is 8.11. The van der Waals surface area contributed by atoms with Gasteiger partial charge in [0.1, 0.15) is 0 Å². The molecule has 0 aliphatic carbocycles. The van der Waals surface area contributed by atoms with E-state index in [1.807, 2.05) is 30.3 Å². The number of nitrogens with one attached hydrogen (secondary N) is 1. The maximum absolute atomic E-state index is 12.5. The number of anilines is 2. The van der Waals surface area contributed by atoms with Crippen LogP contribution in [-0.2, 0) is 10.0 Å². The molecule has 25 heavy (non-hydrogen) atoms. The molecule has 1 unspecified atom stereocenters. The van der Waals surface area contributed by atoms with E-state index in [9.17, 15) is 13.2 Å². The molecule has 0 bridgehead atoms. The number of sulfonamides is 1. The summed E-state index contributed by atoms with van der Waals surface area (Å²) in [4.78, 5) is 22.4. The first-order valence-electron chi connectivity index (χ1n) is 7.84. The number of likely N-dealkylation sites (tertiary alicyclic amines) is 1. The smallest absolute Gasteiger partial charge is 0.257 e. The Kier molecular flexibility index (Phi) is 4.95. The number of benzene rings is 1. The molecule has 1 aromatic heterocycles. The molecule has 1 aliphatic rings. The summed E-state index contributed by atoms with van der Waals surface area (Å²) in [6.07, 6.45) is 3.55. The molecule has 0 saturated carbocycles. The molecular weight excluding hydrogens is 342 g/mol. The van der Waals surface area contributed by atoms with Crippen molar-refractivity contribution in [3.63, 3.8) is 0 Å². The van der Waals surface area contributed by atoms with Crippen LogP contribution in [0.4, 0.5) is 11.6 Å². The second kappa shape index (κ2) is 7.16. The van der Waals surface area contributed by atoms with Crippen LogP contribution in [0.3, 0.4) is 0 Å². The Bertz CT molecular complexity index is 840. The number of rotatable bonds is 5. The Labute approximate surface area is 146 Å². The standard InChI is InChI=1S/C16H19N5O3S/c17-25(23,24)11-12-6-7-21(10-12)15(22)13-8-18-16(19-9-13)20-14-4-2-1-3-5-14/h1-5,8-9,12H,6-7,10-11H2,(H2,17,23,24)(H,18,19,20). The normalized spacial score (nSPS) is 17.5. The minimum Gasteiger partial charge on any atom is -0.338 e. The maximum Gasteiger partial charge on any atom is 0.257 e. The molecule has 2 aromatic rings. The monoisotopic (exact) mass is 361 g/mol. The molecule has 3 N–H and O–H groups in total. The molecular formula is C16H19N5O3S. The van der Waals surface area contributed by atoms with E-state index in [2.05, 4.69) is 15.3 Å². The van der Waals surface area contributed by atoms with Crippen LogP contribution in [0.5, 0.6) is 0 Å². The summed E-state index contributed by atoms with van der Waals surface area (Å²) >= 11 is 0. The van der Waals surface area contributed by atoms with Gasteiger partial charge in [0.2, 0.25) is 16.0 Å². The number of hydrogen-bond acceptors (Lipinski definition) is 6. The van der Waals surface area contributed by atoms with Crippen LogP contribution in [0.1, 0.15) is 16.8 Å². The van der Waals surface area contributed by atoms with Gasteiger partial charge in [-0.25, -0.2) is 23.5 Å². The summed E-state index contributed by atoms with van der Waals surface area (Å²) in [5.74, 6) is -0.0360. The second-order valence-electron chi connectivity index (χ2n) is 6.02. The number of primary sulfonamides is 1. The number of hydrogen-bond donors (Lipinski definition) is 2. The van der Waals surface area contributed by atoms with E-state index in [0.717, 1.165) is 5.69 Å². The SMILES string of the molecule is NS(=O)(=O)CC1CCN(C(=O)c2cnc(Nc3ccccc3)nc2)C1. The van der Waals surface area contributed by atoms with Crippen molar-refractivity contribution < 1.29 is 13.2 Å². The molecule has 0 spiro atoms. The van der Waals surface area contributed by atoms with Crippen LogP contribution in [0, 0.1) is 5.92 Å². The molecule has 3 rings (SSSR count). The van der Waals surface area contributed by atoms with Crippen LogP contribution >= 0.6 is 0 Å². The minimum atomic E-state index is -3.53. The summed E-state index contributed by atoms with van der Waals surface area (Å²) in [6, 6.07) is 9.47. The number of nitrogens with two attached hydrogens (primary N) is 1. The van der Waals surface area contributed by atoms with E-state index >= 15 is 0 Å². The Balaban J connectivity index is 1.61. The first-order chi connectivity index (χ1) is 11.9. The van der Waals surface area contributed by atoms with Gasteiger partial charge in [0.15, 0.2) is 0 Å². The molecule has 1 saturated heterocycles. The molecule has 1 amide bonds. The third-order valence-corrected chi connectivity index (χ3v) is 4.91. The first kappa shape index (κ1) is 17.3. The minimum absolute atomic E-state index is 0.104. The van der Waals surface area contributed by atoms with E-state index in [1.54, 1.807) is 4.90 Å². The average Bonchev–Trinajstić information content (AvgIpc) is 3.02. The maximum atomic E-state index is 12.5. The number of amides is 1. The first-order valence-corrected chi connectivity index (χ1v) is 9.56. The van der Waals surface area contributed by atoms with Gasteiger partial charge in [0.25, 0.3) is 5.91 Å². The van der Waals surface area contributed by atoms with E-state index < -0.39 is 10.0 Å². The molecule has 1 fully saturated rings. The second-order valence-corrected chi connectivity index (χ2v) is 7.68. The lowest BCUT2D eigenvalue weighted by molar-refractivity contribution is 0.0787. The van der Waals surface area contributed by atoms with E-state index in [1.165, 1.54) is 12.4 Å². The highest BCUT2D eigenvalue weighted by Gasteiger charge is 2.29. The van der Waals surface area contributed by atoms with Crippen molar-refractivity contribution in [3.8, 4) is 0 Å². The fraction of sp³-hybridized carbons (Fsp3) is 0.312. The third-order valence-electron chi connectivity index (χ3n) is 3.97. The van der Waals surface area contributed by atoms with Gasteiger partial charge in [0.05, 0.1) is 11.3 Å². The quantitative estimate of drug-likeness (QED) is 0.819.